The third kappa shape index (κ3) is 39.7. The number of unbranched alkanes of at least 4 members (excludes halogenated alkanes) is 1. The Morgan fingerprint density at radius 2 is 0.697 bits per heavy atom. The second kappa shape index (κ2) is 52.9. The van der Waals surface area contributed by atoms with Crippen molar-refractivity contribution in [3.05, 3.63) is 35.9 Å². The highest BCUT2D eigenvalue weighted by atomic mass is 32.2. The molecule has 11 amide bonds. The standard InChI is InChI=1S/C73H132N22O13S/c1-14-44(11)57(94-63(100)49(27-21-32-82-71(76)77)85-59(96)47(75)39-46-24-17-16-18-25-46)68(105)89-52(30-35-109-13)61(98)86-51(29-23-34-84-73(80)81)64(101)95-58(45(12)15-2)69(106)91-54(37-41(5)6)66(103)88-50(28-22-33-83-72(78)79)62(99)93-56(43(9)10)67(104)90-53(36-40(3)4)65(102)87-48(26-19-20-31-74)60(97)92-55(70(107)108)38-42(7)8/h16-18,24-25,40-45,47-58H,14-15,19-23,26-39,74-75H2,1-13H3,(H,85,96)(H,86,98)(H,87,102)(H,88,103)(H,89,105)(H,90,104)(H,91,106)(H,92,97)(H,93,99)(H,94,100)(H,95,101)(H,107,108)(H4,76,77,82)(H4,78,79,83)(H4,80,81,84)/t44-,45-,47-,48-,49-,50-,51-,52-,53-,54-,55-,56-,57-,58-/m0/s1. The highest BCUT2D eigenvalue weighted by Crippen LogP contribution is 2.18. The van der Waals surface area contributed by atoms with Crippen LogP contribution >= 0.6 is 11.8 Å². The van der Waals surface area contributed by atoms with Gasteiger partial charge in [-0.2, -0.15) is 11.8 Å². The van der Waals surface area contributed by atoms with Crippen LogP contribution in [0.1, 0.15) is 185 Å². The van der Waals surface area contributed by atoms with Gasteiger partial charge in [-0.05, 0) is 150 Å². The van der Waals surface area contributed by atoms with Crippen molar-refractivity contribution < 1.29 is 62.6 Å². The van der Waals surface area contributed by atoms with Gasteiger partial charge in [-0.25, -0.2) is 4.79 Å². The number of hydrogen-bond donors (Lipinski definition) is 20. The van der Waals surface area contributed by atoms with Crippen LogP contribution in [0.15, 0.2) is 45.3 Å². The lowest BCUT2D eigenvalue weighted by atomic mass is 9.95. The smallest absolute Gasteiger partial charge is 0.326 e. The van der Waals surface area contributed by atoms with Gasteiger partial charge in [0.2, 0.25) is 65.0 Å². The number of carbonyl (C=O) groups is 12. The summed E-state index contributed by atoms with van der Waals surface area (Å²) < 4.78 is 0. The molecule has 0 bridgehead atoms. The van der Waals surface area contributed by atoms with E-state index in [0.717, 1.165) is 5.56 Å². The summed E-state index contributed by atoms with van der Waals surface area (Å²) in [7, 11) is 0. The molecule has 0 fully saturated rings. The Kier molecular flexibility index (Phi) is 47.5. The van der Waals surface area contributed by atoms with E-state index in [0.29, 0.717) is 38.0 Å². The molecule has 36 heteroatoms. The summed E-state index contributed by atoms with van der Waals surface area (Å²) in [4.78, 5) is 183. The molecule has 0 saturated heterocycles. The molecule has 0 aliphatic heterocycles. The number of amides is 11. The number of carboxylic acid groups (broad SMARTS) is 1. The number of aliphatic carboxylic acids is 1. The van der Waals surface area contributed by atoms with Crippen LogP contribution in [0.3, 0.4) is 0 Å². The minimum Gasteiger partial charge on any atom is -0.480 e. The third-order valence-electron chi connectivity index (χ3n) is 18.0. The number of rotatable bonds is 55. The first-order chi connectivity index (χ1) is 51.3. The van der Waals surface area contributed by atoms with Gasteiger partial charge in [0.25, 0.3) is 0 Å². The summed E-state index contributed by atoms with van der Waals surface area (Å²) in [5, 5.41) is 40.2. The second-order valence-corrected chi connectivity index (χ2v) is 30.4. The summed E-state index contributed by atoms with van der Waals surface area (Å²) in [5.41, 5.74) is 46.5. The first-order valence-electron chi connectivity index (χ1n) is 38.0. The molecule has 1 aromatic carbocycles. The monoisotopic (exact) mass is 1560 g/mol. The maximum Gasteiger partial charge on any atom is 0.326 e. The number of benzene rings is 1. The fraction of sp³-hybridized carbons (Fsp3) is 0.712. The molecule has 0 radical (unpaired) electrons. The third-order valence-corrected chi connectivity index (χ3v) is 18.7. The fourth-order valence-electron chi connectivity index (χ4n) is 11.5. The van der Waals surface area contributed by atoms with Crippen molar-refractivity contribution in [3.8, 4) is 0 Å². The number of hydrogen-bond acceptors (Lipinski definition) is 18. The average molecular weight is 1560 g/mol. The van der Waals surface area contributed by atoms with Crippen LogP contribution in [0.2, 0.25) is 0 Å². The zero-order chi connectivity index (χ0) is 82.6. The van der Waals surface area contributed by atoms with Gasteiger partial charge in [0.05, 0.1) is 6.04 Å². The van der Waals surface area contributed by atoms with E-state index in [-0.39, 0.29) is 132 Å². The van der Waals surface area contributed by atoms with Gasteiger partial charge in [0.1, 0.15) is 66.5 Å². The summed E-state index contributed by atoms with van der Waals surface area (Å²) >= 11 is 1.38. The SMILES string of the molecule is CC[C@H](C)[C@H](NC(=O)[C@H](CCCN=C(N)N)NC(=O)[C@H](CCSC)NC(=O)[C@@H](NC(=O)[C@H](CCCN=C(N)N)NC(=O)[C@@H](N)Cc1ccccc1)[C@@H](C)CC)C(=O)N[C@@H](CC(C)C)C(=O)N[C@@H](CCCN=C(N)N)C(=O)N[C@H](C(=O)N[C@@H](CC(C)C)C(=O)N[C@@H](CCCCN)C(=O)N[C@@H](CC(C)C)C(=O)O)C(C)C. The van der Waals surface area contributed by atoms with Gasteiger partial charge >= 0.3 is 5.97 Å². The number of carbonyl (C=O) groups excluding carboxylic acids is 11. The van der Waals surface area contributed by atoms with E-state index >= 15 is 0 Å². The fourth-order valence-corrected chi connectivity index (χ4v) is 12.0. The number of thioether (sulfide) groups is 1. The van der Waals surface area contributed by atoms with Crippen molar-refractivity contribution in [2.75, 3.05) is 38.2 Å². The Balaban J connectivity index is 3.77. The molecule has 14 atom stereocenters. The molecule has 0 aromatic heterocycles. The maximum atomic E-state index is 14.9. The summed E-state index contributed by atoms with van der Waals surface area (Å²) in [5.74, 6) is -12.2. The van der Waals surface area contributed by atoms with E-state index in [2.05, 4.69) is 73.5 Å². The highest BCUT2D eigenvalue weighted by Gasteiger charge is 2.39. The predicted octanol–water partition coefficient (Wildman–Crippen LogP) is -1.10. The summed E-state index contributed by atoms with van der Waals surface area (Å²) in [6.07, 6.45) is 4.33. The zero-order valence-electron chi connectivity index (χ0n) is 66.3. The highest BCUT2D eigenvalue weighted by molar-refractivity contribution is 7.98. The molecule has 109 heavy (non-hydrogen) atoms. The molecule has 1 aromatic rings. The number of aliphatic imine (C=N–C) groups is 3. The van der Waals surface area contributed by atoms with Crippen molar-refractivity contribution in [1.29, 1.82) is 0 Å². The average Bonchev–Trinajstić information content (AvgIpc) is 0.849. The van der Waals surface area contributed by atoms with E-state index in [1.54, 1.807) is 87.6 Å². The van der Waals surface area contributed by atoms with Crippen LogP contribution in [0.25, 0.3) is 0 Å². The second-order valence-electron chi connectivity index (χ2n) is 29.4. The topological polar surface area (TPSA) is 603 Å². The number of carboxylic acids is 1. The molecule has 0 heterocycles. The summed E-state index contributed by atoms with van der Waals surface area (Å²) in [6.45, 7) is 21.6. The molecule has 28 N–H and O–H groups in total. The van der Waals surface area contributed by atoms with Crippen LogP contribution < -0.4 is 104 Å². The summed E-state index contributed by atoms with van der Waals surface area (Å²) in [6, 6.07) is -6.22. The molecule has 0 aliphatic rings. The Morgan fingerprint density at radius 3 is 1.04 bits per heavy atom. The number of nitrogens with zero attached hydrogens (tertiary/aromatic N) is 3. The Hall–Kier alpha value is -9.06. The van der Waals surface area contributed by atoms with E-state index in [4.69, 9.17) is 45.9 Å². The van der Waals surface area contributed by atoms with E-state index in [9.17, 15) is 62.6 Å². The molecule has 1 rings (SSSR count). The molecular weight excluding hydrogens is 1430 g/mol. The van der Waals surface area contributed by atoms with Gasteiger partial charge < -0.3 is 109 Å². The molecule has 618 valence electrons. The maximum absolute atomic E-state index is 14.9. The minimum absolute atomic E-state index is 0.0149. The Morgan fingerprint density at radius 1 is 0.394 bits per heavy atom. The normalized spacial score (nSPS) is 15.1. The first-order valence-corrected chi connectivity index (χ1v) is 39.4. The predicted molar refractivity (Wildman–Crippen MR) is 425 cm³/mol. The Labute approximate surface area is 647 Å². The van der Waals surface area contributed by atoms with Gasteiger partial charge in [-0.15, -0.1) is 0 Å². The molecular formula is C73H132N22O13S. The lowest BCUT2D eigenvalue weighted by Crippen LogP contribution is -2.62. The number of nitrogens with one attached hydrogen (secondary N) is 11. The minimum atomic E-state index is -1.39. The molecule has 0 saturated carbocycles. The van der Waals surface area contributed by atoms with Gasteiger partial charge in [-0.3, -0.25) is 67.7 Å². The number of nitrogens with two attached hydrogens (primary N) is 8. The van der Waals surface area contributed by atoms with E-state index in [1.807, 2.05) is 32.0 Å². The van der Waals surface area contributed by atoms with Crippen LogP contribution in [0, 0.1) is 35.5 Å². The number of guanidine groups is 3. The first kappa shape index (κ1) is 98.0. The van der Waals surface area contributed by atoms with Crippen molar-refractivity contribution in [3.63, 3.8) is 0 Å². The van der Waals surface area contributed by atoms with Crippen LogP contribution in [-0.4, -0.2) is 205 Å². The van der Waals surface area contributed by atoms with Gasteiger partial charge in [0, 0.05) is 19.6 Å². The molecule has 0 spiro atoms. The lowest BCUT2D eigenvalue weighted by molar-refractivity contribution is -0.143. The zero-order valence-corrected chi connectivity index (χ0v) is 67.2. The van der Waals surface area contributed by atoms with E-state index in [1.165, 1.54) is 11.8 Å². The van der Waals surface area contributed by atoms with Crippen molar-refractivity contribution in [2.24, 2.45) is 96.4 Å². The van der Waals surface area contributed by atoms with Crippen molar-refractivity contribution in [1.82, 2.24) is 58.5 Å². The lowest BCUT2D eigenvalue weighted by Gasteiger charge is -2.31. The quantitative estimate of drug-likeness (QED) is 0.0209. The molecule has 0 unspecified atom stereocenters. The Bertz CT molecular complexity index is 3110. The van der Waals surface area contributed by atoms with Crippen LogP contribution in [-0.2, 0) is 64.0 Å². The largest absolute Gasteiger partial charge is 0.480 e. The van der Waals surface area contributed by atoms with Gasteiger partial charge in [0.15, 0.2) is 17.9 Å². The van der Waals surface area contributed by atoms with Gasteiger partial charge in [-0.1, -0.05) is 126 Å². The van der Waals surface area contributed by atoms with Crippen molar-refractivity contribution >= 4 is 101 Å². The van der Waals surface area contributed by atoms with E-state index < -0.39 is 161 Å². The molecule has 35 nitrogen and oxygen atoms in total. The van der Waals surface area contributed by atoms with Crippen molar-refractivity contribution in [2.45, 2.75) is 258 Å². The molecule has 0 aliphatic carbocycles. The van der Waals surface area contributed by atoms with Crippen LogP contribution in [0.5, 0.6) is 0 Å². The van der Waals surface area contributed by atoms with Crippen LogP contribution in [0.4, 0.5) is 0 Å².